The standard InChI is InChI=1S/C61H104O6/c1-4-7-10-13-16-19-22-25-28-29-30-31-34-36-39-42-45-48-51-54-60(63)66-57-58(67-61(64)55-52-49-46-43-40-37-33-27-24-21-18-15-12-9-6-3)56-65-59(62)53-50-47-44-41-38-35-32-26-23-20-17-14-11-8-5-2/h7,10,16,19,21,24-25,28,30-31,36,39,45,48,58H,4-6,8-9,11-15,17-18,20,22-23,26-27,29,32-35,37-38,40-44,46-47,49-57H2,1-3H3/b10-7+,19-16+,24-21+,28-25+,31-30+,39-36+,48-45+/t58-/m1/s1. The number of allylic oxidation sites excluding steroid dienone is 14. The van der Waals surface area contributed by atoms with Crippen LogP contribution in [0.15, 0.2) is 85.1 Å². The highest BCUT2D eigenvalue weighted by atomic mass is 16.6. The van der Waals surface area contributed by atoms with E-state index in [1.807, 2.05) is 6.08 Å². The topological polar surface area (TPSA) is 78.9 Å². The van der Waals surface area contributed by atoms with Gasteiger partial charge in [0.05, 0.1) is 0 Å². The highest BCUT2D eigenvalue weighted by molar-refractivity contribution is 5.71. The number of hydrogen-bond donors (Lipinski definition) is 0. The van der Waals surface area contributed by atoms with Crippen LogP contribution in [0.25, 0.3) is 0 Å². The average Bonchev–Trinajstić information content (AvgIpc) is 3.33. The molecular formula is C61H104O6. The molecule has 0 heterocycles. The van der Waals surface area contributed by atoms with Gasteiger partial charge in [0.25, 0.3) is 0 Å². The van der Waals surface area contributed by atoms with Crippen molar-refractivity contribution in [1.29, 1.82) is 0 Å². The first-order valence-electron chi connectivity index (χ1n) is 28.1. The van der Waals surface area contributed by atoms with Gasteiger partial charge in [-0.15, -0.1) is 0 Å². The highest BCUT2D eigenvalue weighted by Crippen LogP contribution is 2.15. The van der Waals surface area contributed by atoms with Crippen molar-refractivity contribution in [2.75, 3.05) is 13.2 Å². The molecule has 0 fully saturated rings. The molecule has 6 heteroatoms. The quantitative estimate of drug-likeness (QED) is 0.0262. The Labute approximate surface area is 414 Å². The van der Waals surface area contributed by atoms with E-state index in [1.54, 1.807) is 0 Å². The van der Waals surface area contributed by atoms with Crippen LogP contribution in [0.2, 0.25) is 0 Å². The van der Waals surface area contributed by atoms with Gasteiger partial charge in [-0.1, -0.05) is 247 Å². The smallest absolute Gasteiger partial charge is 0.306 e. The molecule has 0 amide bonds. The Hall–Kier alpha value is -3.41. The number of ether oxygens (including phenoxy) is 3. The summed E-state index contributed by atoms with van der Waals surface area (Å²) in [4.78, 5) is 38.1. The number of esters is 3. The Morgan fingerprint density at radius 3 is 1.01 bits per heavy atom. The number of hydrogen-bond acceptors (Lipinski definition) is 6. The fourth-order valence-corrected chi connectivity index (χ4v) is 7.70. The lowest BCUT2D eigenvalue weighted by Gasteiger charge is -2.18. The molecule has 0 aromatic heterocycles. The zero-order valence-corrected chi connectivity index (χ0v) is 43.9. The fraction of sp³-hybridized carbons (Fsp3) is 0.721. The van der Waals surface area contributed by atoms with Crippen molar-refractivity contribution < 1.29 is 28.6 Å². The predicted molar refractivity (Wildman–Crippen MR) is 288 cm³/mol. The van der Waals surface area contributed by atoms with Crippen LogP contribution in [0.5, 0.6) is 0 Å². The first-order valence-corrected chi connectivity index (χ1v) is 28.1. The summed E-state index contributed by atoms with van der Waals surface area (Å²) in [6.45, 7) is 6.46. The lowest BCUT2D eigenvalue weighted by molar-refractivity contribution is -0.166. The lowest BCUT2D eigenvalue weighted by atomic mass is 10.0. The van der Waals surface area contributed by atoms with Crippen LogP contribution in [-0.4, -0.2) is 37.2 Å². The van der Waals surface area contributed by atoms with E-state index in [-0.39, 0.29) is 37.5 Å². The molecule has 0 rings (SSSR count). The minimum absolute atomic E-state index is 0.0994. The fourth-order valence-electron chi connectivity index (χ4n) is 7.70. The van der Waals surface area contributed by atoms with Gasteiger partial charge in [0.2, 0.25) is 0 Å². The molecule has 0 bridgehead atoms. The van der Waals surface area contributed by atoms with Gasteiger partial charge in [0, 0.05) is 19.3 Å². The van der Waals surface area contributed by atoms with Crippen molar-refractivity contribution >= 4 is 17.9 Å². The Morgan fingerprint density at radius 2 is 0.612 bits per heavy atom. The molecule has 0 unspecified atom stereocenters. The van der Waals surface area contributed by atoms with Crippen LogP contribution in [0.3, 0.4) is 0 Å². The maximum Gasteiger partial charge on any atom is 0.306 e. The number of carbonyl (C=O) groups excluding carboxylic acids is 3. The van der Waals surface area contributed by atoms with Crippen molar-refractivity contribution in [3.63, 3.8) is 0 Å². The van der Waals surface area contributed by atoms with E-state index < -0.39 is 6.10 Å². The number of unbranched alkanes of at least 4 members (excludes halogenated alkanes) is 25. The molecule has 0 aromatic carbocycles. The second-order valence-corrected chi connectivity index (χ2v) is 18.5. The van der Waals surface area contributed by atoms with Crippen molar-refractivity contribution in [3.05, 3.63) is 85.1 Å². The van der Waals surface area contributed by atoms with Gasteiger partial charge in [0.1, 0.15) is 13.2 Å². The molecule has 0 N–H and O–H groups in total. The van der Waals surface area contributed by atoms with Gasteiger partial charge in [0.15, 0.2) is 6.10 Å². The molecule has 0 saturated heterocycles. The molecule has 6 nitrogen and oxygen atoms in total. The highest BCUT2D eigenvalue weighted by Gasteiger charge is 2.19. The zero-order valence-electron chi connectivity index (χ0n) is 43.9. The van der Waals surface area contributed by atoms with E-state index in [0.29, 0.717) is 19.3 Å². The van der Waals surface area contributed by atoms with E-state index >= 15 is 0 Å². The molecule has 0 aromatic rings. The summed E-state index contributed by atoms with van der Waals surface area (Å²) >= 11 is 0. The van der Waals surface area contributed by atoms with Gasteiger partial charge in [-0.25, -0.2) is 0 Å². The van der Waals surface area contributed by atoms with E-state index in [2.05, 4.69) is 99.8 Å². The monoisotopic (exact) mass is 933 g/mol. The van der Waals surface area contributed by atoms with Crippen LogP contribution in [0, 0.1) is 0 Å². The maximum atomic E-state index is 12.8. The van der Waals surface area contributed by atoms with Crippen LogP contribution < -0.4 is 0 Å². The van der Waals surface area contributed by atoms with E-state index in [9.17, 15) is 14.4 Å². The second kappa shape index (κ2) is 55.2. The van der Waals surface area contributed by atoms with Crippen LogP contribution in [0.4, 0.5) is 0 Å². The molecule has 0 aliphatic rings. The minimum Gasteiger partial charge on any atom is -0.462 e. The van der Waals surface area contributed by atoms with Gasteiger partial charge in [-0.3, -0.25) is 14.4 Å². The Kier molecular flexibility index (Phi) is 52.4. The van der Waals surface area contributed by atoms with Crippen molar-refractivity contribution in [2.24, 2.45) is 0 Å². The van der Waals surface area contributed by atoms with Gasteiger partial charge >= 0.3 is 17.9 Å². The second-order valence-electron chi connectivity index (χ2n) is 18.5. The number of rotatable bonds is 50. The normalized spacial score (nSPS) is 12.7. The third-order valence-electron chi connectivity index (χ3n) is 11.9. The Balaban J connectivity index is 4.49. The third kappa shape index (κ3) is 53.4. The molecule has 384 valence electrons. The summed E-state index contributed by atoms with van der Waals surface area (Å²) in [6, 6.07) is 0. The van der Waals surface area contributed by atoms with Crippen molar-refractivity contribution in [1.82, 2.24) is 0 Å². The van der Waals surface area contributed by atoms with Crippen LogP contribution in [-0.2, 0) is 28.6 Å². The van der Waals surface area contributed by atoms with Crippen LogP contribution in [0.1, 0.15) is 265 Å². The Bertz CT molecular complexity index is 1300. The van der Waals surface area contributed by atoms with Gasteiger partial charge < -0.3 is 14.2 Å². The molecule has 0 spiro atoms. The average molecular weight is 933 g/mol. The predicted octanol–water partition coefficient (Wildman–Crippen LogP) is 18.8. The molecule has 0 aliphatic heterocycles. The lowest BCUT2D eigenvalue weighted by Crippen LogP contribution is -2.30. The molecule has 67 heavy (non-hydrogen) atoms. The Morgan fingerprint density at radius 1 is 0.313 bits per heavy atom. The molecule has 1 atom stereocenters. The summed E-state index contributed by atoms with van der Waals surface area (Å²) in [5, 5.41) is 0. The molecule has 0 radical (unpaired) electrons. The minimum atomic E-state index is -0.808. The van der Waals surface area contributed by atoms with E-state index in [4.69, 9.17) is 14.2 Å². The molecule has 0 aliphatic carbocycles. The summed E-state index contributed by atoms with van der Waals surface area (Å²) in [6.07, 6.45) is 71.5. The molecular weight excluding hydrogens is 829 g/mol. The summed E-state index contributed by atoms with van der Waals surface area (Å²) in [7, 11) is 0. The first kappa shape index (κ1) is 63.6. The van der Waals surface area contributed by atoms with E-state index in [1.165, 1.54) is 141 Å². The van der Waals surface area contributed by atoms with Crippen molar-refractivity contribution in [2.45, 2.75) is 271 Å². The first-order chi connectivity index (χ1) is 33.0. The van der Waals surface area contributed by atoms with Gasteiger partial charge in [-0.05, 0) is 83.5 Å². The van der Waals surface area contributed by atoms with Gasteiger partial charge in [-0.2, -0.15) is 0 Å². The van der Waals surface area contributed by atoms with E-state index in [0.717, 1.165) is 77.0 Å². The molecule has 0 saturated carbocycles. The third-order valence-corrected chi connectivity index (χ3v) is 11.9. The number of carbonyl (C=O) groups is 3. The summed E-state index contributed by atoms with van der Waals surface area (Å²) < 4.78 is 16.8. The SMILES string of the molecule is CC/C=C/C/C=C/C/C=C/C/C=C/C/C=C/C/C=C/CCC(=O)OC[C@@H](COC(=O)CCCCCCCCCCCCCCCCC)OC(=O)CCCCCCCCC/C=C/CCCCCC. The summed E-state index contributed by atoms with van der Waals surface area (Å²) in [5.74, 6) is -0.986. The van der Waals surface area contributed by atoms with Crippen LogP contribution >= 0.6 is 0 Å². The zero-order chi connectivity index (χ0) is 48.6. The largest absolute Gasteiger partial charge is 0.462 e. The summed E-state index contributed by atoms with van der Waals surface area (Å²) in [5.41, 5.74) is 0. The van der Waals surface area contributed by atoms with Crippen molar-refractivity contribution in [3.8, 4) is 0 Å². The maximum absolute atomic E-state index is 12.8.